The SMILES string of the molecule is CCc1cnn2c(NCc3cccnc3)cc(NCCOCCc3cn(S(=O)(=O)C4CC4)nn3)nc12. The summed E-state index contributed by atoms with van der Waals surface area (Å²) < 4.78 is 32.9. The van der Waals surface area contributed by atoms with Gasteiger partial charge >= 0.3 is 0 Å². The van der Waals surface area contributed by atoms with Gasteiger partial charge in [-0.05, 0) is 30.9 Å². The summed E-state index contributed by atoms with van der Waals surface area (Å²) in [5.74, 6) is 1.56. The molecule has 1 aliphatic carbocycles. The first-order chi connectivity index (χ1) is 17.5. The van der Waals surface area contributed by atoms with Gasteiger partial charge in [0.2, 0.25) is 0 Å². The smallest absolute Gasteiger partial charge is 0.258 e. The molecule has 0 saturated heterocycles. The van der Waals surface area contributed by atoms with Crippen molar-refractivity contribution in [3.8, 4) is 0 Å². The molecule has 0 aromatic carbocycles. The van der Waals surface area contributed by atoms with Crippen LogP contribution >= 0.6 is 0 Å². The average Bonchev–Trinajstić information content (AvgIpc) is 3.51. The van der Waals surface area contributed by atoms with Gasteiger partial charge in [0.1, 0.15) is 11.6 Å². The Kier molecular flexibility index (Phi) is 7.09. The maximum atomic E-state index is 12.2. The molecule has 0 aliphatic heterocycles. The minimum Gasteiger partial charge on any atom is -0.379 e. The summed E-state index contributed by atoms with van der Waals surface area (Å²) in [4.78, 5) is 8.90. The number of nitrogens with zero attached hydrogens (tertiary/aromatic N) is 7. The average molecular weight is 512 g/mol. The number of fused-ring (bicyclic) bond motifs is 1. The number of aromatic nitrogens is 7. The van der Waals surface area contributed by atoms with E-state index in [1.54, 1.807) is 6.20 Å². The normalized spacial score (nSPS) is 13.8. The first kappa shape index (κ1) is 24.1. The van der Waals surface area contributed by atoms with E-state index in [1.807, 2.05) is 35.1 Å². The van der Waals surface area contributed by atoms with Crippen LogP contribution in [0.25, 0.3) is 5.65 Å². The van der Waals surface area contributed by atoms with E-state index in [-0.39, 0.29) is 5.25 Å². The van der Waals surface area contributed by atoms with Gasteiger partial charge in [-0.15, -0.1) is 9.19 Å². The van der Waals surface area contributed by atoms with Gasteiger partial charge in [-0.2, -0.15) is 9.61 Å². The molecule has 0 unspecified atom stereocenters. The minimum absolute atomic E-state index is 0.316. The summed E-state index contributed by atoms with van der Waals surface area (Å²) in [5, 5.41) is 18.6. The molecule has 0 atom stereocenters. The van der Waals surface area contributed by atoms with Crippen molar-refractivity contribution in [2.24, 2.45) is 0 Å². The van der Waals surface area contributed by atoms with Crippen LogP contribution in [-0.2, 0) is 34.1 Å². The molecule has 4 heterocycles. The molecule has 0 bridgehead atoms. The zero-order valence-corrected chi connectivity index (χ0v) is 20.9. The number of pyridine rings is 1. The minimum atomic E-state index is -3.38. The predicted molar refractivity (Wildman–Crippen MR) is 134 cm³/mol. The van der Waals surface area contributed by atoms with Gasteiger partial charge < -0.3 is 15.4 Å². The molecule has 12 nitrogen and oxygen atoms in total. The maximum Gasteiger partial charge on any atom is 0.258 e. The van der Waals surface area contributed by atoms with Crippen LogP contribution in [0.2, 0.25) is 0 Å². The Balaban J connectivity index is 1.14. The fourth-order valence-corrected chi connectivity index (χ4v) is 5.18. The van der Waals surface area contributed by atoms with E-state index in [2.05, 4.69) is 38.0 Å². The second-order valence-electron chi connectivity index (χ2n) is 8.62. The zero-order valence-electron chi connectivity index (χ0n) is 20.0. The molecule has 4 aromatic rings. The number of hydrogen-bond donors (Lipinski definition) is 2. The van der Waals surface area contributed by atoms with Gasteiger partial charge in [-0.25, -0.2) is 13.4 Å². The lowest BCUT2D eigenvalue weighted by Gasteiger charge is -2.12. The predicted octanol–water partition coefficient (Wildman–Crippen LogP) is 1.90. The quantitative estimate of drug-likeness (QED) is 0.256. The lowest BCUT2D eigenvalue weighted by atomic mass is 10.2. The summed E-state index contributed by atoms with van der Waals surface area (Å²) in [6.07, 6.45) is 9.61. The molecular formula is C23H29N9O3S. The Bertz CT molecular complexity index is 1420. The third-order valence-electron chi connectivity index (χ3n) is 5.90. The molecule has 36 heavy (non-hydrogen) atoms. The van der Waals surface area contributed by atoms with E-state index in [0.29, 0.717) is 51.3 Å². The van der Waals surface area contributed by atoms with Crippen LogP contribution in [-0.4, -0.2) is 67.4 Å². The fourth-order valence-electron chi connectivity index (χ4n) is 3.74. The molecule has 0 spiro atoms. The van der Waals surface area contributed by atoms with Crippen LogP contribution in [0.1, 0.15) is 36.6 Å². The van der Waals surface area contributed by atoms with Crippen molar-refractivity contribution in [3.05, 3.63) is 59.8 Å². The number of hydrogen-bond acceptors (Lipinski definition) is 10. The van der Waals surface area contributed by atoms with Crippen molar-refractivity contribution < 1.29 is 13.2 Å². The van der Waals surface area contributed by atoms with Gasteiger partial charge in [-0.3, -0.25) is 4.98 Å². The highest BCUT2D eigenvalue weighted by Crippen LogP contribution is 2.29. The first-order valence-corrected chi connectivity index (χ1v) is 13.5. The molecule has 0 amide bonds. The molecule has 1 saturated carbocycles. The number of ether oxygens (including phenoxy) is 1. The Morgan fingerprint density at radius 1 is 1.19 bits per heavy atom. The van der Waals surface area contributed by atoms with E-state index in [0.717, 1.165) is 38.9 Å². The van der Waals surface area contributed by atoms with Gasteiger partial charge in [0.05, 0.1) is 36.6 Å². The fraction of sp³-hybridized carbons (Fsp3) is 0.435. The Morgan fingerprint density at radius 3 is 2.86 bits per heavy atom. The van der Waals surface area contributed by atoms with Crippen LogP contribution < -0.4 is 10.6 Å². The second-order valence-corrected chi connectivity index (χ2v) is 10.7. The third-order valence-corrected chi connectivity index (χ3v) is 7.92. The van der Waals surface area contributed by atoms with Crippen molar-refractivity contribution >= 4 is 27.3 Å². The molecule has 0 radical (unpaired) electrons. The lowest BCUT2D eigenvalue weighted by molar-refractivity contribution is 0.146. The maximum absolute atomic E-state index is 12.2. The van der Waals surface area contributed by atoms with E-state index in [4.69, 9.17) is 9.72 Å². The standard InChI is InChI=1S/C23H29N9O3S/c1-2-18-15-27-32-22(26-14-17-4-3-8-24-13-17)12-21(28-23(18)32)25-9-11-35-10-7-19-16-31(30-29-19)36(33,34)20-5-6-20/h3-4,8,12-13,15-16,20,26H,2,5-7,9-11,14H2,1H3,(H,25,28). The third kappa shape index (κ3) is 5.46. The molecule has 5 rings (SSSR count). The highest BCUT2D eigenvalue weighted by atomic mass is 32.2. The largest absolute Gasteiger partial charge is 0.379 e. The molecular weight excluding hydrogens is 482 g/mol. The molecule has 2 N–H and O–H groups in total. The summed E-state index contributed by atoms with van der Waals surface area (Å²) >= 11 is 0. The van der Waals surface area contributed by atoms with Crippen LogP contribution in [0.5, 0.6) is 0 Å². The van der Waals surface area contributed by atoms with Gasteiger partial charge in [0, 0.05) is 43.5 Å². The monoisotopic (exact) mass is 511 g/mol. The van der Waals surface area contributed by atoms with Crippen molar-refractivity contribution in [3.63, 3.8) is 0 Å². The molecule has 4 aromatic heterocycles. The number of anilines is 2. The van der Waals surface area contributed by atoms with E-state index >= 15 is 0 Å². The summed E-state index contributed by atoms with van der Waals surface area (Å²) in [7, 11) is -3.38. The summed E-state index contributed by atoms with van der Waals surface area (Å²) in [6, 6.07) is 5.85. The van der Waals surface area contributed by atoms with Crippen LogP contribution in [0.15, 0.2) is 43.0 Å². The lowest BCUT2D eigenvalue weighted by Crippen LogP contribution is -2.18. The van der Waals surface area contributed by atoms with Crippen molar-refractivity contribution in [1.29, 1.82) is 0 Å². The van der Waals surface area contributed by atoms with Crippen LogP contribution in [0, 0.1) is 0 Å². The number of rotatable bonds is 13. The highest BCUT2D eigenvalue weighted by Gasteiger charge is 2.37. The van der Waals surface area contributed by atoms with Gasteiger partial charge in [0.15, 0.2) is 5.65 Å². The van der Waals surface area contributed by atoms with Gasteiger partial charge in [-0.1, -0.05) is 18.2 Å². The van der Waals surface area contributed by atoms with Crippen molar-refractivity contribution in [1.82, 2.24) is 34.0 Å². The Morgan fingerprint density at radius 2 is 2.08 bits per heavy atom. The Labute approximate surface area is 209 Å². The van der Waals surface area contributed by atoms with E-state index in [1.165, 1.54) is 6.20 Å². The van der Waals surface area contributed by atoms with E-state index < -0.39 is 10.0 Å². The highest BCUT2D eigenvalue weighted by molar-refractivity contribution is 7.90. The molecule has 1 aliphatic rings. The number of nitrogens with one attached hydrogen (secondary N) is 2. The zero-order chi connectivity index (χ0) is 25.0. The number of aryl methyl sites for hydroxylation is 1. The summed E-state index contributed by atoms with van der Waals surface area (Å²) in [5.41, 5.74) is 3.53. The Hall–Kier alpha value is -3.58. The van der Waals surface area contributed by atoms with Crippen molar-refractivity contribution in [2.45, 2.75) is 44.4 Å². The van der Waals surface area contributed by atoms with Crippen molar-refractivity contribution in [2.75, 3.05) is 30.4 Å². The topological polar surface area (TPSA) is 141 Å². The molecule has 190 valence electrons. The van der Waals surface area contributed by atoms with Crippen LogP contribution in [0.3, 0.4) is 0 Å². The second kappa shape index (κ2) is 10.6. The van der Waals surface area contributed by atoms with E-state index in [9.17, 15) is 8.42 Å². The van der Waals surface area contributed by atoms with Gasteiger partial charge in [0.25, 0.3) is 10.0 Å². The molecule has 13 heteroatoms. The molecule has 1 fully saturated rings. The first-order valence-electron chi connectivity index (χ1n) is 12.0. The van der Waals surface area contributed by atoms with Crippen LogP contribution in [0.4, 0.5) is 11.6 Å². The summed E-state index contributed by atoms with van der Waals surface area (Å²) in [6.45, 7) is 4.12.